The Morgan fingerprint density at radius 3 is 2.42 bits per heavy atom. The van der Waals surface area contributed by atoms with E-state index in [0.717, 1.165) is 22.4 Å². The highest BCUT2D eigenvalue weighted by molar-refractivity contribution is 6.31. The molecule has 0 spiro atoms. The first-order valence-corrected chi connectivity index (χ1v) is 7.74. The smallest absolute Gasteiger partial charge is 0.290 e. The lowest BCUT2D eigenvalue weighted by atomic mass is 10.1. The van der Waals surface area contributed by atoms with Crippen molar-refractivity contribution in [1.82, 2.24) is 0 Å². The van der Waals surface area contributed by atoms with Crippen molar-refractivity contribution in [3.05, 3.63) is 57.4 Å². The second-order valence-electron chi connectivity index (χ2n) is 5.25. The number of ether oxygens (including phenoxy) is 1. The van der Waals surface area contributed by atoms with Crippen LogP contribution >= 0.6 is 11.6 Å². The van der Waals surface area contributed by atoms with Gasteiger partial charge in [0.15, 0.2) is 0 Å². The Labute approximate surface area is 146 Å². The van der Waals surface area contributed by atoms with Crippen LogP contribution < -0.4 is 10.5 Å². The third-order valence-electron chi connectivity index (χ3n) is 3.65. The van der Waals surface area contributed by atoms with Gasteiger partial charge in [-0.05, 0) is 80.3 Å². The average Bonchev–Trinajstić information content (AvgIpc) is 2.53. The van der Waals surface area contributed by atoms with Crippen LogP contribution in [0.1, 0.15) is 22.3 Å². The minimum Gasteiger partial charge on any atom is -0.483 e. The van der Waals surface area contributed by atoms with Crippen molar-refractivity contribution in [2.75, 3.05) is 6.54 Å². The molecular formula is C18H21ClFNO3. The van der Waals surface area contributed by atoms with Crippen molar-refractivity contribution in [1.29, 1.82) is 0 Å². The van der Waals surface area contributed by atoms with Gasteiger partial charge in [0.1, 0.15) is 17.3 Å². The van der Waals surface area contributed by atoms with Crippen LogP contribution in [0.2, 0.25) is 5.02 Å². The summed E-state index contributed by atoms with van der Waals surface area (Å²) < 4.78 is 19.7. The Bertz CT molecular complexity index is 720. The quantitative estimate of drug-likeness (QED) is 0.799. The largest absolute Gasteiger partial charge is 0.483 e. The normalized spacial score (nSPS) is 9.92. The maximum atomic E-state index is 13.7. The zero-order valence-corrected chi connectivity index (χ0v) is 14.7. The standard InChI is InChI=1S/C17H19ClFNO.CH2O2/c1-10-8-17(13(6-7-20)9-15(10)19)21-16-5-4-14(18)11(2)12(16)3;2-1-3/h4-5,8-9H,6-7,20H2,1-3H3;1H,(H,2,3). The molecule has 6 heteroatoms. The van der Waals surface area contributed by atoms with Crippen LogP contribution in [-0.2, 0) is 11.2 Å². The van der Waals surface area contributed by atoms with Gasteiger partial charge in [-0.2, -0.15) is 0 Å². The molecular weight excluding hydrogens is 333 g/mol. The summed E-state index contributed by atoms with van der Waals surface area (Å²) in [5.74, 6) is 1.13. The molecule has 0 aliphatic rings. The molecule has 0 fully saturated rings. The van der Waals surface area contributed by atoms with E-state index in [-0.39, 0.29) is 12.3 Å². The maximum Gasteiger partial charge on any atom is 0.290 e. The van der Waals surface area contributed by atoms with Gasteiger partial charge in [0.05, 0.1) is 0 Å². The molecule has 0 unspecified atom stereocenters. The highest BCUT2D eigenvalue weighted by Crippen LogP contribution is 2.33. The average molecular weight is 354 g/mol. The molecule has 4 nitrogen and oxygen atoms in total. The summed E-state index contributed by atoms with van der Waals surface area (Å²) in [6.07, 6.45) is 0.568. The van der Waals surface area contributed by atoms with Gasteiger partial charge in [-0.1, -0.05) is 11.6 Å². The molecule has 130 valence electrons. The van der Waals surface area contributed by atoms with Crippen LogP contribution in [0.5, 0.6) is 11.5 Å². The maximum absolute atomic E-state index is 13.7. The topological polar surface area (TPSA) is 72.5 Å². The number of halogens is 2. The number of nitrogens with two attached hydrogens (primary N) is 1. The molecule has 0 heterocycles. The lowest BCUT2D eigenvalue weighted by Gasteiger charge is -2.15. The Morgan fingerprint density at radius 2 is 1.83 bits per heavy atom. The molecule has 0 radical (unpaired) electrons. The molecule has 0 atom stereocenters. The van der Waals surface area contributed by atoms with Gasteiger partial charge in [0.2, 0.25) is 0 Å². The van der Waals surface area contributed by atoms with Gasteiger partial charge >= 0.3 is 0 Å². The molecule has 24 heavy (non-hydrogen) atoms. The first-order valence-electron chi connectivity index (χ1n) is 7.36. The monoisotopic (exact) mass is 353 g/mol. The van der Waals surface area contributed by atoms with E-state index in [0.29, 0.717) is 29.3 Å². The summed E-state index contributed by atoms with van der Waals surface area (Å²) in [7, 11) is 0. The number of hydrogen-bond acceptors (Lipinski definition) is 3. The number of rotatable bonds is 4. The molecule has 0 saturated heterocycles. The molecule has 0 amide bonds. The Morgan fingerprint density at radius 1 is 1.21 bits per heavy atom. The van der Waals surface area contributed by atoms with E-state index in [1.54, 1.807) is 19.1 Å². The lowest BCUT2D eigenvalue weighted by molar-refractivity contribution is -0.122. The fraction of sp³-hybridized carbons (Fsp3) is 0.278. The second-order valence-corrected chi connectivity index (χ2v) is 5.66. The Balaban J connectivity index is 0.000000891. The van der Waals surface area contributed by atoms with Gasteiger partial charge < -0.3 is 15.6 Å². The second kappa shape index (κ2) is 9.25. The predicted molar refractivity (Wildman–Crippen MR) is 93.6 cm³/mol. The molecule has 0 bridgehead atoms. The van der Waals surface area contributed by atoms with Crippen molar-refractivity contribution >= 4 is 18.1 Å². The summed E-state index contributed by atoms with van der Waals surface area (Å²) >= 11 is 6.09. The van der Waals surface area contributed by atoms with Crippen LogP contribution in [-0.4, -0.2) is 18.1 Å². The van der Waals surface area contributed by atoms with Crippen molar-refractivity contribution in [3.63, 3.8) is 0 Å². The van der Waals surface area contributed by atoms with E-state index in [1.165, 1.54) is 6.07 Å². The van der Waals surface area contributed by atoms with Crippen molar-refractivity contribution in [2.24, 2.45) is 5.73 Å². The first-order chi connectivity index (χ1) is 11.3. The highest BCUT2D eigenvalue weighted by Gasteiger charge is 2.12. The summed E-state index contributed by atoms with van der Waals surface area (Å²) in [5.41, 5.74) is 8.87. The molecule has 2 rings (SSSR count). The van der Waals surface area contributed by atoms with Crippen LogP contribution in [0, 0.1) is 26.6 Å². The summed E-state index contributed by atoms with van der Waals surface area (Å²) in [4.78, 5) is 8.36. The summed E-state index contributed by atoms with van der Waals surface area (Å²) in [6, 6.07) is 6.84. The third kappa shape index (κ3) is 4.94. The third-order valence-corrected chi connectivity index (χ3v) is 4.06. The van der Waals surface area contributed by atoms with Crippen LogP contribution in [0.25, 0.3) is 0 Å². The zero-order valence-electron chi connectivity index (χ0n) is 13.9. The fourth-order valence-corrected chi connectivity index (χ4v) is 2.34. The molecule has 0 aliphatic carbocycles. The van der Waals surface area contributed by atoms with Gasteiger partial charge in [-0.3, -0.25) is 4.79 Å². The van der Waals surface area contributed by atoms with E-state index in [4.69, 9.17) is 32.0 Å². The summed E-state index contributed by atoms with van der Waals surface area (Å²) in [5, 5.41) is 7.59. The van der Waals surface area contributed by atoms with E-state index in [2.05, 4.69) is 0 Å². The number of carboxylic acid groups (broad SMARTS) is 1. The van der Waals surface area contributed by atoms with Crippen molar-refractivity contribution < 1.29 is 19.0 Å². The van der Waals surface area contributed by atoms with Crippen molar-refractivity contribution in [3.8, 4) is 11.5 Å². The van der Waals surface area contributed by atoms with Crippen molar-refractivity contribution in [2.45, 2.75) is 27.2 Å². The summed E-state index contributed by atoms with van der Waals surface area (Å²) in [6.45, 7) is 5.81. The van der Waals surface area contributed by atoms with Crippen LogP contribution in [0.3, 0.4) is 0 Å². The number of hydrogen-bond donors (Lipinski definition) is 2. The first kappa shape index (κ1) is 19.9. The molecule has 0 aliphatic heterocycles. The fourth-order valence-electron chi connectivity index (χ4n) is 2.13. The van der Waals surface area contributed by atoms with E-state index in [1.807, 2.05) is 19.9 Å². The highest BCUT2D eigenvalue weighted by atomic mass is 35.5. The van der Waals surface area contributed by atoms with Gasteiger partial charge in [-0.25, -0.2) is 4.39 Å². The molecule has 3 N–H and O–H groups in total. The zero-order chi connectivity index (χ0) is 18.3. The van der Waals surface area contributed by atoms with E-state index in [9.17, 15) is 4.39 Å². The molecule has 2 aromatic rings. The van der Waals surface area contributed by atoms with Crippen LogP contribution in [0.4, 0.5) is 4.39 Å². The molecule has 0 aromatic heterocycles. The van der Waals surface area contributed by atoms with E-state index < -0.39 is 0 Å². The number of aryl methyl sites for hydroxylation is 1. The van der Waals surface area contributed by atoms with Gasteiger partial charge in [0.25, 0.3) is 6.47 Å². The molecule has 0 saturated carbocycles. The number of benzene rings is 2. The van der Waals surface area contributed by atoms with Crippen LogP contribution in [0.15, 0.2) is 24.3 Å². The minimum atomic E-state index is -0.250. The Kier molecular flexibility index (Phi) is 7.68. The lowest BCUT2D eigenvalue weighted by Crippen LogP contribution is -2.05. The predicted octanol–water partition coefficient (Wildman–Crippen LogP) is 4.40. The molecule has 2 aromatic carbocycles. The SMILES string of the molecule is Cc1cc(Oc2ccc(Cl)c(C)c2C)c(CCN)cc1F.O=CO. The van der Waals surface area contributed by atoms with E-state index >= 15 is 0 Å². The number of carbonyl (C=O) groups is 1. The van der Waals surface area contributed by atoms with Gasteiger partial charge in [-0.15, -0.1) is 0 Å². The minimum absolute atomic E-state index is 0.241. The van der Waals surface area contributed by atoms with Gasteiger partial charge in [0, 0.05) is 5.02 Å². The Hall–Kier alpha value is -2.11.